The molecule has 3 heteroatoms. The van der Waals surface area contributed by atoms with Crippen LogP contribution in [0.4, 0.5) is 0 Å². The Hall–Kier alpha value is -0.158. The minimum absolute atomic E-state index is 0. The van der Waals surface area contributed by atoms with E-state index in [0.29, 0.717) is 5.75 Å². The van der Waals surface area contributed by atoms with Crippen molar-refractivity contribution in [2.75, 3.05) is 0 Å². The van der Waals surface area contributed by atoms with Gasteiger partial charge in [0.05, 0.1) is 0 Å². The Kier molecular flexibility index (Phi) is 4.61. The summed E-state index contributed by atoms with van der Waals surface area (Å²) in [6, 6.07) is 9.19. The van der Waals surface area contributed by atoms with E-state index in [2.05, 4.69) is 4.29 Å². The first kappa shape index (κ1) is 8.84. The Morgan fingerprint density at radius 3 is 2.00 bits per heavy atom. The SMILES string of the molecule is ClOc1ccccc1.[AlH3]. The van der Waals surface area contributed by atoms with E-state index < -0.39 is 0 Å². The summed E-state index contributed by atoms with van der Waals surface area (Å²) in [5.74, 6) is 0.675. The second-order valence-corrected chi connectivity index (χ2v) is 1.54. The van der Waals surface area contributed by atoms with Crippen molar-refractivity contribution in [3.8, 4) is 5.75 Å². The Morgan fingerprint density at radius 1 is 1.11 bits per heavy atom. The molecular formula is C6H8AlClO. The molecule has 0 aliphatic heterocycles. The summed E-state index contributed by atoms with van der Waals surface area (Å²) in [7, 11) is 0. The van der Waals surface area contributed by atoms with Crippen molar-refractivity contribution in [2.24, 2.45) is 0 Å². The lowest BCUT2D eigenvalue weighted by Crippen LogP contribution is -1.69. The maximum absolute atomic E-state index is 5.03. The van der Waals surface area contributed by atoms with E-state index >= 15 is 0 Å². The van der Waals surface area contributed by atoms with Crippen LogP contribution >= 0.6 is 11.9 Å². The van der Waals surface area contributed by atoms with Gasteiger partial charge in [0, 0.05) is 0 Å². The van der Waals surface area contributed by atoms with Crippen LogP contribution in [0.25, 0.3) is 0 Å². The first-order valence-corrected chi connectivity index (χ1v) is 2.58. The molecular weight excluding hydrogens is 150 g/mol. The molecule has 0 aliphatic carbocycles. The summed E-state index contributed by atoms with van der Waals surface area (Å²) in [4.78, 5) is 0. The second kappa shape index (κ2) is 4.70. The zero-order chi connectivity index (χ0) is 5.82. The summed E-state index contributed by atoms with van der Waals surface area (Å²) < 4.78 is 4.39. The van der Waals surface area contributed by atoms with Crippen LogP contribution in [-0.4, -0.2) is 17.4 Å². The second-order valence-electron chi connectivity index (χ2n) is 1.39. The minimum Gasteiger partial charge on any atom is -0.386 e. The quantitative estimate of drug-likeness (QED) is 0.555. The smallest absolute Gasteiger partial charge is 0.187 e. The summed E-state index contributed by atoms with van der Waals surface area (Å²) in [5.41, 5.74) is 0. The molecule has 0 saturated carbocycles. The third-order valence-electron chi connectivity index (χ3n) is 0.832. The molecule has 0 aromatic heterocycles. The summed E-state index contributed by atoms with van der Waals surface area (Å²) in [5, 5.41) is 0. The Morgan fingerprint density at radius 2 is 1.67 bits per heavy atom. The lowest BCUT2D eigenvalue weighted by Gasteiger charge is -1.89. The van der Waals surface area contributed by atoms with E-state index in [-0.39, 0.29) is 17.4 Å². The predicted molar refractivity (Wildman–Crippen MR) is 42.9 cm³/mol. The van der Waals surface area contributed by atoms with Crippen LogP contribution < -0.4 is 4.29 Å². The maximum atomic E-state index is 5.03. The van der Waals surface area contributed by atoms with Crippen LogP contribution in [0.5, 0.6) is 5.75 Å². The summed E-state index contributed by atoms with van der Waals surface area (Å²) >= 11 is 5.03. The highest BCUT2D eigenvalue weighted by Crippen LogP contribution is 2.08. The highest BCUT2D eigenvalue weighted by Gasteiger charge is 1.82. The molecule has 1 rings (SSSR count). The van der Waals surface area contributed by atoms with Crippen LogP contribution in [0.3, 0.4) is 0 Å². The Labute approximate surface area is 69.9 Å². The third-order valence-corrected chi connectivity index (χ3v) is 1.01. The Bertz CT molecular complexity index is 154. The molecule has 0 heterocycles. The standard InChI is InChI=1S/C6H5ClO.Al.3H/c7-8-6-4-2-1-3-5-6;;;;/h1-5H;;;;. The monoisotopic (exact) mass is 158 g/mol. The highest BCUT2D eigenvalue weighted by molar-refractivity contribution is 6.09. The lowest BCUT2D eigenvalue weighted by molar-refractivity contribution is 0.619. The van der Waals surface area contributed by atoms with Crippen LogP contribution in [0.1, 0.15) is 0 Å². The van der Waals surface area contributed by atoms with Crippen molar-refractivity contribution in [2.45, 2.75) is 0 Å². The molecule has 0 spiro atoms. The average Bonchev–Trinajstić information content (AvgIpc) is 1.90. The fraction of sp³-hybridized carbons (Fsp3) is 0. The molecule has 0 N–H and O–H groups in total. The van der Waals surface area contributed by atoms with Crippen molar-refractivity contribution in [1.29, 1.82) is 0 Å². The number of benzene rings is 1. The highest BCUT2D eigenvalue weighted by atomic mass is 35.5. The first-order valence-electron chi connectivity index (χ1n) is 2.27. The predicted octanol–water partition coefficient (Wildman–Crippen LogP) is 1.04. The third kappa shape index (κ3) is 2.76. The maximum Gasteiger partial charge on any atom is 0.187 e. The van der Waals surface area contributed by atoms with E-state index in [9.17, 15) is 0 Å². The number of hydrogen-bond donors (Lipinski definition) is 0. The molecule has 1 aromatic rings. The van der Waals surface area contributed by atoms with Gasteiger partial charge in [0.2, 0.25) is 0 Å². The molecule has 48 valence electrons. The van der Waals surface area contributed by atoms with Gasteiger partial charge in [-0.2, -0.15) is 0 Å². The van der Waals surface area contributed by atoms with Gasteiger partial charge in [-0.1, -0.05) is 18.2 Å². The van der Waals surface area contributed by atoms with Crippen molar-refractivity contribution in [3.63, 3.8) is 0 Å². The van der Waals surface area contributed by atoms with E-state index in [0.717, 1.165) is 0 Å². The molecule has 0 bridgehead atoms. The normalized spacial score (nSPS) is 7.67. The zero-order valence-electron chi connectivity index (χ0n) is 4.17. The summed E-state index contributed by atoms with van der Waals surface area (Å²) in [6.07, 6.45) is 0. The topological polar surface area (TPSA) is 9.23 Å². The van der Waals surface area contributed by atoms with Crippen molar-refractivity contribution >= 4 is 29.2 Å². The fourth-order valence-corrected chi connectivity index (χ4v) is 0.575. The van der Waals surface area contributed by atoms with Gasteiger partial charge in [0.25, 0.3) is 0 Å². The van der Waals surface area contributed by atoms with Gasteiger partial charge in [-0.3, -0.25) is 0 Å². The fourth-order valence-electron chi connectivity index (χ4n) is 0.472. The van der Waals surface area contributed by atoms with Gasteiger partial charge < -0.3 is 4.29 Å². The van der Waals surface area contributed by atoms with Crippen LogP contribution in [-0.2, 0) is 0 Å². The zero-order valence-corrected chi connectivity index (χ0v) is 4.93. The van der Waals surface area contributed by atoms with Crippen molar-refractivity contribution in [3.05, 3.63) is 30.3 Å². The van der Waals surface area contributed by atoms with Crippen LogP contribution in [0.2, 0.25) is 0 Å². The van der Waals surface area contributed by atoms with Crippen LogP contribution in [0.15, 0.2) is 30.3 Å². The molecule has 0 radical (unpaired) electrons. The molecule has 0 saturated heterocycles. The average molecular weight is 159 g/mol. The van der Waals surface area contributed by atoms with E-state index in [1.807, 2.05) is 18.2 Å². The van der Waals surface area contributed by atoms with Gasteiger partial charge in [-0.15, -0.1) is 0 Å². The van der Waals surface area contributed by atoms with Gasteiger partial charge in [0.1, 0.15) is 17.6 Å². The molecule has 0 atom stereocenters. The molecule has 0 unspecified atom stereocenters. The minimum atomic E-state index is 0. The number of halogens is 1. The van der Waals surface area contributed by atoms with Gasteiger partial charge >= 0.3 is 0 Å². The number of hydrogen-bond acceptors (Lipinski definition) is 1. The molecule has 0 amide bonds. The largest absolute Gasteiger partial charge is 0.386 e. The Balaban J connectivity index is 0.000000640. The van der Waals surface area contributed by atoms with Gasteiger partial charge in [-0.25, -0.2) is 0 Å². The van der Waals surface area contributed by atoms with E-state index in [4.69, 9.17) is 11.9 Å². The summed E-state index contributed by atoms with van der Waals surface area (Å²) in [6.45, 7) is 0. The molecule has 9 heavy (non-hydrogen) atoms. The van der Waals surface area contributed by atoms with E-state index in [1.54, 1.807) is 12.1 Å². The lowest BCUT2D eigenvalue weighted by atomic mass is 10.3. The molecule has 1 nitrogen and oxygen atoms in total. The molecule has 0 aliphatic rings. The first-order chi connectivity index (χ1) is 3.93. The van der Waals surface area contributed by atoms with Crippen LogP contribution in [0, 0.1) is 0 Å². The molecule has 0 fully saturated rings. The number of para-hydroxylation sites is 1. The number of rotatable bonds is 1. The van der Waals surface area contributed by atoms with Gasteiger partial charge in [0.15, 0.2) is 17.4 Å². The van der Waals surface area contributed by atoms with Crippen molar-refractivity contribution < 1.29 is 4.29 Å². The van der Waals surface area contributed by atoms with Gasteiger partial charge in [-0.05, 0) is 12.1 Å². The van der Waals surface area contributed by atoms with Crippen molar-refractivity contribution in [1.82, 2.24) is 0 Å². The molecule has 1 aromatic carbocycles. The van der Waals surface area contributed by atoms with E-state index in [1.165, 1.54) is 0 Å².